The van der Waals surface area contributed by atoms with Crippen molar-refractivity contribution in [1.29, 1.82) is 0 Å². The number of rotatable bonds is 4. The van der Waals surface area contributed by atoms with E-state index in [0.29, 0.717) is 12.2 Å². The largest absolute Gasteiger partial charge is 1.00 e. The van der Waals surface area contributed by atoms with E-state index in [4.69, 9.17) is 9.84 Å². The van der Waals surface area contributed by atoms with E-state index < -0.39 is 12.1 Å². The van der Waals surface area contributed by atoms with Crippen LogP contribution in [0.2, 0.25) is 0 Å². The van der Waals surface area contributed by atoms with Crippen LogP contribution in [0.25, 0.3) is 0 Å². The van der Waals surface area contributed by atoms with E-state index in [1.54, 1.807) is 19.1 Å². The van der Waals surface area contributed by atoms with Crippen LogP contribution in [0.15, 0.2) is 30.3 Å². The van der Waals surface area contributed by atoms with E-state index in [1.165, 1.54) is 0 Å². The van der Waals surface area contributed by atoms with Gasteiger partial charge in [0.05, 0.1) is 0 Å². The van der Waals surface area contributed by atoms with Gasteiger partial charge in [0.2, 0.25) is 0 Å². The molecule has 1 N–H and O–H groups in total. The maximum absolute atomic E-state index is 10.6. The summed E-state index contributed by atoms with van der Waals surface area (Å²) in [5.74, 6) is -0.330. The van der Waals surface area contributed by atoms with Gasteiger partial charge >= 0.3 is 35.5 Å². The van der Waals surface area contributed by atoms with E-state index in [1.807, 2.05) is 18.2 Å². The van der Waals surface area contributed by atoms with Gasteiger partial charge in [0.25, 0.3) is 0 Å². The molecule has 0 heterocycles. The van der Waals surface area contributed by atoms with Gasteiger partial charge in [-0.05, 0) is 18.6 Å². The fraction of sp³-hybridized carbons (Fsp3) is 0.300. The van der Waals surface area contributed by atoms with Crippen molar-refractivity contribution in [3.05, 3.63) is 30.3 Å². The SMILES string of the molecule is CCC(Oc1ccccc1)C(=O)O.[Na+]. The standard InChI is InChI=1S/C10H12O3.Na/c1-2-9(10(11)12)13-8-6-4-3-5-7-8;/h3-7,9H,2H2,1H3,(H,11,12);/q;+1. The summed E-state index contributed by atoms with van der Waals surface area (Å²) in [5, 5.41) is 8.71. The van der Waals surface area contributed by atoms with Gasteiger partial charge in [-0.1, -0.05) is 25.1 Å². The number of aliphatic carboxylic acids is 1. The first kappa shape index (κ1) is 13.5. The number of hydrogen-bond acceptors (Lipinski definition) is 2. The van der Waals surface area contributed by atoms with Gasteiger partial charge < -0.3 is 9.84 Å². The number of carbonyl (C=O) groups is 1. The molecule has 0 aliphatic heterocycles. The van der Waals surface area contributed by atoms with Crippen LogP contribution in [0.3, 0.4) is 0 Å². The molecule has 70 valence electrons. The number of para-hydroxylation sites is 1. The summed E-state index contributed by atoms with van der Waals surface area (Å²) in [4.78, 5) is 10.6. The van der Waals surface area contributed by atoms with Crippen LogP contribution < -0.4 is 34.3 Å². The Morgan fingerprint density at radius 2 is 2.00 bits per heavy atom. The number of ether oxygens (including phenoxy) is 1. The number of carboxylic acids is 1. The van der Waals surface area contributed by atoms with Gasteiger partial charge in [0, 0.05) is 0 Å². The molecule has 0 fully saturated rings. The maximum atomic E-state index is 10.6. The van der Waals surface area contributed by atoms with E-state index in [0.717, 1.165) is 0 Å². The molecular formula is C10H12NaO3+. The Hall–Kier alpha value is -0.510. The Balaban J connectivity index is 0.00000169. The molecule has 0 aliphatic carbocycles. The van der Waals surface area contributed by atoms with Crippen LogP contribution in [0, 0.1) is 0 Å². The van der Waals surface area contributed by atoms with Gasteiger partial charge in [-0.3, -0.25) is 0 Å². The van der Waals surface area contributed by atoms with Crippen LogP contribution in [-0.4, -0.2) is 17.2 Å². The molecule has 1 unspecified atom stereocenters. The average Bonchev–Trinajstić information content (AvgIpc) is 2.15. The monoisotopic (exact) mass is 203 g/mol. The molecule has 0 saturated heterocycles. The predicted octanol–water partition coefficient (Wildman–Crippen LogP) is -1.07. The summed E-state index contributed by atoms with van der Waals surface area (Å²) in [6.07, 6.45) is -0.285. The van der Waals surface area contributed by atoms with Gasteiger partial charge in [-0.15, -0.1) is 0 Å². The summed E-state index contributed by atoms with van der Waals surface area (Å²) in [6, 6.07) is 8.96. The summed E-state index contributed by atoms with van der Waals surface area (Å²) in [7, 11) is 0. The molecule has 0 radical (unpaired) electrons. The first-order valence-corrected chi connectivity index (χ1v) is 4.18. The van der Waals surface area contributed by atoms with Crippen LogP contribution in [0.4, 0.5) is 0 Å². The van der Waals surface area contributed by atoms with Gasteiger partial charge in [0.1, 0.15) is 5.75 Å². The van der Waals surface area contributed by atoms with Crippen molar-refractivity contribution in [2.45, 2.75) is 19.4 Å². The predicted molar refractivity (Wildman–Crippen MR) is 48.8 cm³/mol. The molecule has 0 saturated carbocycles. The molecule has 0 bridgehead atoms. The van der Waals surface area contributed by atoms with Crippen molar-refractivity contribution in [2.24, 2.45) is 0 Å². The Morgan fingerprint density at radius 1 is 1.43 bits per heavy atom. The fourth-order valence-electron chi connectivity index (χ4n) is 0.972. The summed E-state index contributed by atoms with van der Waals surface area (Å²) < 4.78 is 5.23. The molecule has 4 heteroatoms. The fourth-order valence-corrected chi connectivity index (χ4v) is 0.972. The average molecular weight is 203 g/mol. The minimum atomic E-state index is -0.925. The Kier molecular flexibility index (Phi) is 6.62. The Morgan fingerprint density at radius 3 is 2.43 bits per heavy atom. The zero-order chi connectivity index (χ0) is 9.68. The van der Waals surface area contributed by atoms with E-state index in [-0.39, 0.29) is 29.6 Å². The zero-order valence-electron chi connectivity index (χ0n) is 8.43. The second-order valence-electron chi connectivity index (χ2n) is 2.67. The van der Waals surface area contributed by atoms with Crippen molar-refractivity contribution in [3.8, 4) is 5.75 Å². The smallest absolute Gasteiger partial charge is 0.479 e. The molecule has 14 heavy (non-hydrogen) atoms. The zero-order valence-corrected chi connectivity index (χ0v) is 10.4. The molecule has 0 aliphatic rings. The van der Waals surface area contributed by atoms with Crippen LogP contribution in [-0.2, 0) is 4.79 Å². The summed E-state index contributed by atoms with van der Waals surface area (Å²) >= 11 is 0. The number of carboxylic acid groups (broad SMARTS) is 1. The van der Waals surface area contributed by atoms with Gasteiger partial charge in [-0.2, -0.15) is 0 Å². The number of benzene rings is 1. The Bertz CT molecular complexity index is 274. The van der Waals surface area contributed by atoms with Crippen LogP contribution in [0.5, 0.6) is 5.75 Å². The Labute approximate surface area is 105 Å². The minimum Gasteiger partial charge on any atom is -0.479 e. The second-order valence-corrected chi connectivity index (χ2v) is 2.67. The third-order valence-corrected chi connectivity index (χ3v) is 1.67. The van der Waals surface area contributed by atoms with E-state index in [9.17, 15) is 4.79 Å². The second kappa shape index (κ2) is 6.87. The molecule has 3 nitrogen and oxygen atoms in total. The minimum absolute atomic E-state index is 0. The maximum Gasteiger partial charge on any atom is 1.00 e. The van der Waals surface area contributed by atoms with Crippen LogP contribution in [0.1, 0.15) is 13.3 Å². The summed E-state index contributed by atoms with van der Waals surface area (Å²) in [6.45, 7) is 1.78. The van der Waals surface area contributed by atoms with Crippen molar-refractivity contribution in [2.75, 3.05) is 0 Å². The first-order chi connectivity index (χ1) is 6.24. The quantitative estimate of drug-likeness (QED) is 0.634. The van der Waals surface area contributed by atoms with Gasteiger partial charge in [0.15, 0.2) is 6.10 Å². The van der Waals surface area contributed by atoms with E-state index >= 15 is 0 Å². The molecule has 1 aromatic carbocycles. The molecule has 1 atom stereocenters. The molecular weight excluding hydrogens is 191 g/mol. The van der Waals surface area contributed by atoms with Crippen molar-refractivity contribution < 1.29 is 44.2 Å². The van der Waals surface area contributed by atoms with Crippen molar-refractivity contribution in [1.82, 2.24) is 0 Å². The number of hydrogen-bond donors (Lipinski definition) is 1. The molecule has 0 spiro atoms. The van der Waals surface area contributed by atoms with Gasteiger partial charge in [-0.25, -0.2) is 4.79 Å². The van der Waals surface area contributed by atoms with Crippen molar-refractivity contribution in [3.63, 3.8) is 0 Å². The molecule has 1 aromatic rings. The first-order valence-electron chi connectivity index (χ1n) is 4.18. The topological polar surface area (TPSA) is 46.5 Å². The summed E-state index contributed by atoms with van der Waals surface area (Å²) in [5.41, 5.74) is 0. The normalized spacial score (nSPS) is 11.2. The molecule has 0 aromatic heterocycles. The third-order valence-electron chi connectivity index (χ3n) is 1.67. The van der Waals surface area contributed by atoms with Crippen molar-refractivity contribution >= 4 is 5.97 Å². The third kappa shape index (κ3) is 4.13. The van der Waals surface area contributed by atoms with Crippen LogP contribution >= 0.6 is 0 Å². The molecule has 0 amide bonds. The van der Waals surface area contributed by atoms with E-state index in [2.05, 4.69) is 0 Å². The molecule has 1 rings (SSSR count).